The van der Waals surface area contributed by atoms with Crippen LogP contribution in [0.2, 0.25) is 0 Å². The first-order valence-electron chi connectivity index (χ1n) is 8.03. The molecule has 3 aromatic rings. The van der Waals surface area contributed by atoms with Gasteiger partial charge in [0.15, 0.2) is 16.6 Å². The highest BCUT2D eigenvalue weighted by molar-refractivity contribution is 7.99. The van der Waals surface area contributed by atoms with Crippen LogP contribution in [0.4, 0.5) is 14.6 Å². The van der Waals surface area contributed by atoms with Crippen molar-refractivity contribution in [1.29, 1.82) is 0 Å². The lowest BCUT2D eigenvalue weighted by molar-refractivity contribution is 0.546. The Hall–Kier alpha value is -2.22. The average Bonchev–Trinajstić information content (AvgIpc) is 2.99. The van der Waals surface area contributed by atoms with E-state index in [9.17, 15) is 8.78 Å². The van der Waals surface area contributed by atoms with Gasteiger partial charge in [-0.2, -0.15) is 0 Å². The van der Waals surface area contributed by atoms with Crippen molar-refractivity contribution in [3.8, 4) is 0 Å². The fraction of sp³-hybridized carbons (Fsp3) is 0.353. The van der Waals surface area contributed by atoms with Crippen LogP contribution in [0.1, 0.15) is 25.8 Å². The lowest BCUT2D eigenvalue weighted by atomic mass is 10.2. The number of hydrogen-bond donors (Lipinski definition) is 1. The van der Waals surface area contributed by atoms with E-state index in [1.54, 1.807) is 4.57 Å². The zero-order valence-corrected chi connectivity index (χ0v) is 14.9. The molecule has 2 aromatic heterocycles. The molecule has 1 aromatic carbocycles. The minimum absolute atomic E-state index is 0.0130. The largest absolute Gasteiger partial charge is 0.382 e. The van der Waals surface area contributed by atoms with Crippen LogP contribution in [0, 0.1) is 17.6 Å². The molecule has 1 unspecified atom stereocenters. The van der Waals surface area contributed by atoms with Crippen molar-refractivity contribution in [2.75, 3.05) is 11.5 Å². The number of imidazole rings is 1. The van der Waals surface area contributed by atoms with Gasteiger partial charge in [0.25, 0.3) is 0 Å². The minimum atomic E-state index is -0.602. The van der Waals surface area contributed by atoms with Crippen molar-refractivity contribution in [3.63, 3.8) is 0 Å². The van der Waals surface area contributed by atoms with Gasteiger partial charge in [0.1, 0.15) is 17.2 Å². The molecule has 3 rings (SSSR count). The minimum Gasteiger partial charge on any atom is -0.382 e. The summed E-state index contributed by atoms with van der Waals surface area (Å²) >= 11 is 1.52. The Morgan fingerprint density at radius 3 is 2.64 bits per heavy atom. The predicted molar refractivity (Wildman–Crippen MR) is 95.4 cm³/mol. The third-order valence-electron chi connectivity index (χ3n) is 4.05. The van der Waals surface area contributed by atoms with Crippen LogP contribution in [-0.2, 0) is 6.54 Å². The summed E-state index contributed by atoms with van der Waals surface area (Å²) < 4.78 is 29.4. The van der Waals surface area contributed by atoms with Crippen LogP contribution in [0.5, 0.6) is 0 Å². The molecule has 0 spiro atoms. The monoisotopic (exact) mass is 363 g/mol. The second kappa shape index (κ2) is 7.35. The molecule has 0 fully saturated rings. The Labute approximate surface area is 148 Å². The number of thioether (sulfide) groups is 1. The van der Waals surface area contributed by atoms with E-state index >= 15 is 0 Å². The quantitative estimate of drug-likeness (QED) is 0.532. The van der Waals surface area contributed by atoms with E-state index in [0.29, 0.717) is 22.2 Å². The van der Waals surface area contributed by atoms with Crippen LogP contribution < -0.4 is 5.73 Å². The van der Waals surface area contributed by atoms with Gasteiger partial charge in [-0.1, -0.05) is 38.1 Å². The third-order valence-corrected chi connectivity index (χ3v) is 5.23. The standard InChI is InChI=1S/C17H19F2N5S/c1-3-10(2)8-25-17-22-15(20)14-16(23-17)24(9-21-14)7-11-12(18)5-4-6-13(11)19/h4-6,9-10H,3,7-8H2,1-2H3,(H2,20,22,23). The molecule has 25 heavy (non-hydrogen) atoms. The summed E-state index contributed by atoms with van der Waals surface area (Å²) in [5, 5.41) is 0.543. The number of nitrogen functional groups attached to an aromatic ring is 1. The van der Waals surface area contributed by atoms with Gasteiger partial charge in [0.2, 0.25) is 0 Å². The molecule has 132 valence electrons. The first kappa shape index (κ1) is 17.6. The number of rotatable bonds is 6. The van der Waals surface area contributed by atoms with Gasteiger partial charge in [-0.15, -0.1) is 0 Å². The number of nitrogens with two attached hydrogens (primary N) is 1. The molecular formula is C17H19F2N5S. The van der Waals surface area contributed by atoms with Gasteiger partial charge in [0.05, 0.1) is 12.9 Å². The number of nitrogens with zero attached hydrogens (tertiary/aromatic N) is 4. The Morgan fingerprint density at radius 2 is 1.96 bits per heavy atom. The molecule has 2 heterocycles. The molecule has 0 amide bonds. The van der Waals surface area contributed by atoms with Crippen LogP contribution in [-0.4, -0.2) is 25.3 Å². The summed E-state index contributed by atoms with van der Waals surface area (Å²) in [6, 6.07) is 3.80. The zero-order chi connectivity index (χ0) is 18.0. The summed E-state index contributed by atoms with van der Waals surface area (Å²) in [4.78, 5) is 12.9. The van der Waals surface area contributed by atoms with E-state index in [4.69, 9.17) is 5.73 Å². The predicted octanol–water partition coefficient (Wildman–Crippen LogP) is 3.87. The normalized spacial score (nSPS) is 12.6. The molecule has 0 saturated carbocycles. The molecule has 2 N–H and O–H groups in total. The van der Waals surface area contributed by atoms with E-state index in [-0.39, 0.29) is 17.9 Å². The topological polar surface area (TPSA) is 69.6 Å². The molecule has 0 aliphatic carbocycles. The Morgan fingerprint density at radius 1 is 1.24 bits per heavy atom. The van der Waals surface area contributed by atoms with E-state index in [1.165, 1.54) is 36.3 Å². The van der Waals surface area contributed by atoms with Gasteiger partial charge in [-0.3, -0.25) is 0 Å². The van der Waals surface area contributed by atoms with Crippen LogP contribution >= 0.6 is 11.8 Å². The summed E-state index contributed by atoms with van der Waals surface area (Å²) in [7, 11) is 0. The van der Waals surface area contributed by atoms with Gasteiger partial charge in [0, 0.05) is 11.3 Å². The zero-order valence-electron chi connectivity index (χ0n) is 14.0. The smallest absolute Gasteiger partial charge is 0.191 e. The maximum atomic E-state index is 13.9. The first-order valence-corrected chi connectivity index (χ1v) is 9.02. The highest BCUT2D eigenvalue weighted by atomic mass is 32.2. The molecule has 0 aliphatic heterocycles. The highest BCUT2D eigenvalue weighted by Crippen LogP contribution is 2.25. The van der Waals surface area contributed by atoms with Gasteiger partial charge < -0.3 is 10.3 Å². The fourth-order valence-electron chi connectivity index (χ4n) is 2.31. The van der Waals surface area contributed by atoms with Crippen LogP contribution in [0.15, 0.2) is 29.7 Å². The number of fused-ring (bicyclic) bond motifs is 1. The molecule has 5 nitrogen and oxygen atoms in total. The second-order valence-electron chi connectivity index (χ2n) is 5.96. The lowest BCUT2D eigenvalue weighted by Gasteiger charge is -2.09. The van der Waals surface area contributed by atoms with Crippen molar-refractivity contribution in [3.05, 3.63) is 41.7 Å². The molecule has 1 atom stereocenters. The number of benzene rings is 1. The summed E-state index contributed by atoms with van der Waals surface area (Å²) in [6.45, 7) is 4.27. The van der Waals surface area contributed by atoms with Crippen LogP contribution in [0.25, 0.3) is 11.2 Å². The second-order valence-corrected chi connectivity index (χ2v) is 6.95. The third kappa shape index (κ3) is 3.73. The molecule has 0 saturated heterocycles. The Bertz CT molecular complexity index is 876. The summed E-state index contributed by atoms with van der Waals surface area (Å²) in [5.74, 6) is 0.468. The van der Waals surface area contributed by atoms with Crippen molar-refractivity contribution in [2.45, 2.75) is 32.0 Å². The number of aromatic nitrogens is 4. The lowest BCUT2D eigenvalue weighted by Crippen LogP contribution is -2.06. The molecular weight excluding hydrogens is 344 g/mol. The van der Waals surface area contributed by atoms with Crippen molar-refractivity contribution in [1.82, 2.24) is 19.5 Å². The van der Waals surface area contributed by atoms with Crippen molar-refractivity contribution in [2.24, 2.45) is 5.92 Å². The fourth-order valence-corrected chi connectivity index (χ4v) is 3.30. The molecule has 8 heteroatoms. The highest BCUT2D eigenvalue weighted by Gasteiger charge is 2.15. The van der Waals surface area contributed by atoms with Gasteiger partial charge in [-0.25, -0.2) is 23.7 Å². The van der Waals surface area contributed by atoms with E-state index in [2.05, 4.69) is 28.8 Å². The first-order chi connectivity index (χ1) is 12.0. The van der Waals surface area contributed by atoms with Gasteiger partial charge in [-0.05, 0) is 18.1 Å². The van der Waals surface area contributed by atoms with E-state index in [1.807, 2.05) is 0 Å². The van der Waals surface area contributed by atoms with E-state index in [0.717, 1.165) is 12.2 Å². The van der Waals surface area contributed by atoms with E-state index < -0.39 is 11.6 Å². The molecule has 0 bridgehead atoms. The Balaban J connectivity index is 1.95. The molecule has 0 aliphatic rings. The van der Waals surface area contributed by atoms with Gasteiger partial charge >= 0.3 is 0 Å². The Kier molecular flexibility index (Phi) is 5.17. The SMILES string of the molecule is CCC(C)CSc1nc(N)c2ncn(Cc3c(F)cccc3F)c2n1. The maximum Gasteiger partial charge on any atom is 0.191 e. The number of anilines is 1. The number of halogens is 2. The number of hydrogen-bond acceptors (Lipinski definition) is 5. The van der Waals surface area contributed by atoms with Crippen LogP contribution in [0.3, 0.4) is 0 Å². The van der Waals surface area contributed by atoms with Crippen molar-refractivity contribution >= 4 is 28.7 Å². The summed E-state index contributed by atoms with van der Waals surface area (Å²) in [6.07, 6.45) is 2.54. The summed E-state index contributed by atoms with van der Waals surface area (Å²) in [5.41, 5.74) is 6.85. The van der Waals surface area contributed by atoms with Crippen molar-refractivity contribution < 1.29 is 8.78 Å². The molecule has 0 radical (unpaired) electrons. The average molecular weight is 363 g/mol. The maximum absolute atomic E-state index is 13.9.